The summed E-state index contributed by atoms with van der Waals surface area (Å²) in [5.74, 6) is 1.24. The zero-order chi connectivity index (χ0) is 14.5. The molecule has 0 spiro atoms. The van der Waals surface area contributed by atoms with E-state index in [1.807, 2.05) is 18.2 Å². The van der Waals surface area contributed by atoms with Crippen LogP contribution in [0.25, 0.3) is 0 Å². The third-order valence-corrected chi connectivity index (χ3v) is 4.30. The highest BCUT2D eigenvalue weighted by molar-refractivity contribution is 5.45. The summed E-state index contributed by atoms with van der Waals surface area (Å²) in [5.41, 5.74) is 7.60. The smallest absolute Gasteiger partial charge is 0.136 e. The first-order valence-corrected chi connectivity index (χ1v) is 7.17. The highest BCUT2D eigenvalue weighted by Crippen LogP contribution is 2.29. The summed E-state index contributed by atoms with van der Waals surface area (Å²) < 4.78 is 5.18. The Morgan fingerprint density at radius 2 is 2.25 bits per heavy atom. The zero-order valence-corrected chi connectivity index (χ0v) is 12.3. The number of ether oxygens (including phenoxy) is 1. The number of benzene rings is 1. The maximum absolute atomic E-state index is 9.14. The van der Waals surface area contributed by atoms with Gasteiger partial charge in [-0.15, -0.1) is 0 Å². The molecule has 1 aliphatic carbocycles. The minimum atomic E-state index is 0.563. The fourth-order valence-corrected chi connectivity index (χ4v) is 3.22. The van der Waals surface area contributed by atoms with Gasteiger partial charge in [-0.05, 0) is 50.0 Å². The Morgan fingerprint density at radius 1 is 1.45 bits per heavy atom. The quantitative estimate of drug-likeness (QED) is 0.892. The maximum Gasteiger partial charge on any atom is 0.136 e. The Labute approximate surface area is 121 Å². The number of hydrogen-bond acceptors (Lipinski definition) is 4. The summed E-state index contributed by atoms with van der Waals surface area (Å²) in [6.45, 7) is 1.61. The summed E-state index contributed by atoms with van der Waals surface area (Å²) in [6.07, 6.45) is 3.72. The third kappa shape index (κ3) is 3.12. The van der Waals surface area contributed by atoms with Crippen molar-refractivity contribution < 1.29 is 4.74 Å². The molecule has 1 aromatic rings. The Hall–Kier alpha value is -1.57. The van der Waals surface area contributed by atoms with Gasteiger partial charge in [-0.2, -0.15) is 5.26 Å². The van der Waals surface area contributed by atoms with Crippen LogP contribution in [0.4, 0.5) is 0 Å². The molecule has 0 aromatic heterocycles. The van der Waals surface area contributed by atoms with E-state index in [1.54, 1.807) is 7.11 Å². The van der Waals surface area contributed by atoms with Crippen LogP contribution in [0.2, 0.25) is 0 Å². The minimum absolute atomic E-state index is 0.563. The van der Waals surface area contributed by atoms with Gasteiger partial charge in [-0.3, -0.25) is 4.90 Å². The van der Waals surface area contributed by atoms with Gasteiger partial charge >= 0.3 is 0 Å². The third-order valence-electron chi connectivity index (χ3n) is 4.30. The van der Waals surface area contributed by atoms with E-state index in [2.05, 4.69) is 18.0 Å². The average molecular weight is 273 g/mol. The fourth-order valence-electron chi connectivity index (χ4n) is 3.22. The topological polar surface area (TPSA) is 62.3 Å². The fraction of sp³-hybridized carbons (Fsp3) is 0.562. The van der Waals surface area contributed by atoms with Crippen molar-refractivity contribution in [2.45, 2.75) is 31.8 Å². The number of nitriles is 1. The van der Waals surface area contributed by atoms with Gasteiger partial charge in [0.15, 0.2) is 0 Å². The van der Waals surface area contributed by atoms with Crippen LogP contribution in [-0.2, 0) is 6.54 Å². The average Bonchev–Trinajstić information content (AvgIpc) is 2.95. The van der Waals surface area contributed by atoms with Crippen molar-refractivity contribution in [1.29, 1.82) is 5.26 Å². The van der Waals surface area contributed by atoms with Crippen LogP contribution in [0.15, 0.2) is 18.2 Å². The molecule has 0 radical (unpaired) electrons. The predicted molar refractivity (Wildman–Crippen MR) is 79.4 cm³/mol. The van der Waals surface area contributed by atoms with Crippen LogP contribution in [0.3, 0.4) is 0 Å². The van der Waals surface area contributed by atoms with Crippen molar-refractivity contribution in [1.82, 2.24) is 4.90 Å². The van der Waals surface area contributed by atoms with Gasteiger partial charge in [-0.25, -0.2) is 0 Å². The highest BCUT2D eigenvalue weighted by atomic mass is 16.5. The Morgan fingerprint density at radius 3 is 2.90 bits per heavy atom. The molecule has 0 amide bonds. The van der Waals surface area contributed by atoms with Crippen LogP contribution in [0.1, 0.15) is 30.4 Å². The molecule has 2 unspecified atom stereocenters. The first kappa shape index (κ1) is 14.8. The normalized spacial score (nSPS) is 21.9. The summed E-state index contributed by atoms with van der Waals surface area (Å²) >= 11 is 0. The molecular weight excluding hydrogens is 250 g/mol. The van der Waals surface area contributed by atoms with Gasteiger partial charge in [0, 0.05) is 12.6 Å². The second-order valence-corrected chi connectivity index (χ2v) is 5.56. The van der Waals surface area contributed by atoms with Crippen molar-refractivity contribution in [3.05, 3.63) is 29.3 Å². The molecule has 1 saturated carbocycles. The van der Waals surface area contributed by atoms with Crippen LogP contribution < -0.4 is 10.5 Å². The monoisotopic (exact) mass is 273 g/mol. The maximum atomic E-state index is 9.14. The summed E-state index contributed by atoms with van der Waals surface area (Å²) in [7, 11) is 3.74. The molecule has 1 fully saturated rings. The van der Waals surface area contributed by atoms with Crippen LogP contribution in [0, 0.1) is 17.2 Å². The van der Waals surface area contributed by atoms with E-state index in [4.69, 9.17) is 15.7 Å². The standard InChI is InChI=1S/C16H23N3O/c1-19(15-5-3-4-13(15)9-17)11-12-6-7-16(20-2)14(8-12)10-18/h6-8,13,15H,3-5,9,11,17H2,1-2H3. The van der Waals surface area contributed by atoms with E-state index >= 15 is 0 Å². The van der Waals surface area contributed by atoms with Gasteiger partial charge in [0.2, 0.25) is 0 Å². The minimum Gasteiger partial charge on any atom is -0.495 e. The Balaban J connectivity index is 2.08. The SMILES string of the molecule is COc1ccc(CN(C)C2CCCC2CN)cc1C#N. The predicted octanol–water partition coefficient (Wildman–Crippen LogP) is 2.13. The summed E-state index contributed by atoms with van der Waals surface area (Å²) in [5, 5.41) is 9.14. The van der Waals surface area contributed by atoms with E-state index < -0.39 is 0 Å². The Bertz CT molecular complexity index is 495. The molecule has 4 nitrogen and oxygen atoms in total. The molecule has 0 aliphatic heterocycles. The molecule has 0 bridgehead atoms. The summed E-state index contributed by atoms with van der Waals surface area (Å²) in [4.78, 5) is 2.37. The van der Waals surface area contributed by atoms with Crippen LogP contribution >= 0.6 is 0 Å². The van der Waals surface area contributed by atoms with Gasteiger partial charge in [0.1, 0.15) is 11.8 Å². The molecule has 2 N–H and O–H groups in total. The molecule has 1 aromatic carbocycles. The second-order valence-electron chi connectivity index (χ2n) is 5.56. The van der Waals surface area contributed by atoms with Gasteiger partial charge in [-0.1, -0.05) is 12.5 Å². The lowest BCUT2D eigenvalue weighted by atomic mass is 10.0. The molecule has 2 atom stereocenters. The van der Waals surface area contributed by atoms with E-state index in [-0.39, 0.29) is 0 Å². The molecule has 20 heavy (non-hydrogen) atoms. The molecule has 4 heteroatoms. The second kappa shape index (κ2) is 6.74. The zero-order valence-electron chi connectivity index (χ0n) is 12.3. The first-order chi connectivity index (χ1) is 9.69. The van der Waals surface area contributed by atoms with Gasteiger partial charge < -0.3 is 10.5 Å². The van der Waals surface area contributed by atoms with Crippen molar-refractivity contribution in [2.24, 2.45) is 11.7 Å². The van der Waals surface area contributed by atoms with E-state index in [0.29, 0.717) is 23.3 Å². The lowest BCUT2D eigenvalue weighted by molar-refractivity contribution is 0.193. The van der Waals surface area contributed by atoms with Crippen molar-refractivity contribution in [3.8, 4) is 11.8 Å². The molecule has 0 heterocycles. The van der Waals surface area contributed by atoms with Crippen LogP contribution in [-0.4, -0.2) is 31.6 Å². The number of nitrogens with two attached hydrogens (primary N) is 1. The molecule has 108 valence electrons. The molecule has 2 rings (SSSR count). The van der Waals surface area contributed by atoms with Crippen LogP contribution in [0.5, 0.6) is 5.75 Å². The van der Waals surface area contributed by atoms with Crippen molar-refractivity contribution in [3.63, 3.8) is 0 Å². The number of methoxy groups -OCH3 is 1. The highest BCUT2D eigenvalue weighted by Gasteiger charge is 2.29. The summed E-state index contributed by atoms with van der Waals surface area (Å²) in [6, 6.07) is 8.57. The van der Waals surface area contributed by atoms with Crippen molar-refractivity contribution in [2.75, 3.05) is 20.7 Å². The van der Waals surface area contributed by atoms with E-state index in [9.17, 15) is 0 Å². The van der Waals surface area contributed by atoms with Gasteiger partial charge in [0.05, 0.1) is 12.7 Å². The first-order valence-electron chi connectivity index (χ1n) is 7.17. The largest absolute Gasteiger partial charge is 0.495 e. The number of hydrogen-bond donors (Lipinski definition) is 1. The molecular formula is C16H23N3O. The number of nitrogens with zero attached hydrogens (tertiary/aromatic N) is 2. The van der Waals surface area contributed by atoms with Gasteiger partial charge in [0.25, 0.3) is 0 Å². The molecule has 0 saturated heterocycles. The lowest BCUT2D eigenvalue weighted by Crippen LogP contribution is -2.37. The number of rotatable bonds is 5. The lowest BCUT2D eigenvalue weighted by Gasteiger charge is -2.29. The van der Waals surface area contributed by atoms with Crippen molar-refractivity contribution >= 4 is 0 Å². The van der Waals surface area contributed by atoms with E-state index in [0.717, 1.165) is 18.7 Å². The van der Waals surface area contributed by atoms with E-state index in [1.165, 1.54) is 19.3 Å². The Kier molecular flexibility index (Phi) is 4.99. The molecule has 1 aliphatic rings.